The summed E-state index contributed by atoms with van der Waals surface area (Å²) >= 11 is 11.6. The number of aromatic nitrogens is 2. The lowest BCUT2D eigenvalue weighted by atomic mass is 10.3. The number of ether oxygens (including phenoxy) is 4. The van der Waals surface area contributed by atoms with Gasteiger partial charge in [-0.25, -0.2) is 9.97 Å². The maximum Gasteiger partial charge on any atom is 0.573 e. The zero-order chi connectivity index (χ0) is 31.1. The highest BCUT2D eigenvalue weighted by Crippen LogP contribution is 2.33. The number of nitrogens with zero attached hydrogens (tertiary/aromatic N) is 3. The minimum absolute atomic E-state index is 0.0231. The smallest absolute Gasteiger partial charge is 0.437 e. The zero-order valence-corrected chi connectivity index (χ0v) is 21.8. The summed E-state index contributed by atoms with van der Waals surface area (Å²) in [6.07, 6.45) is -7.37. The first-order valence-corrected chi connectivity index (χ1v) is 11.6. The number of nitro groups is 1. The van der Waals surface area contributed by atoms with Gasteiger partial charge in [-0.2, -0.15) is 0 Å². The second-order valence-corrected chi connectivity index (χ2v) is 8.36. The van der Waals surface area contributed by atoms with Gasteiger partial charge in [0.05, 0.1) is 16.8 Å². The van der Waals surface area contributed by atoms with E-state index in [-0.39, 0.29) is 39.0 Å². The predicted molar refractivity (Wildman–Crippen MR) is 136 cm³/mol. The van der Waals surface area contributed by atoms with Crippen molar-refractivity contribution < 1.29 is 50.2 Å². The van der Waals surface area contributed by atoms with Crippen molar-refractivity contribution in [2.75, 3.05) is 5.73 Å². The molecule has 2 N–H and O–H groups in total. The van der Waals surface area contributed by atoms with Gasteiger partial charge >= 0.3 is 12.7 Å². The van der Waals surface area contributed by atoms with Crippen molar-refractivity contribution in [1.82, 2.24) is 9.97 Å². The summed E-state index contributed by atoms with van der Waals surface area (Å²) in [5, 5.41) is 10.5. The number of rotatable bonds is 7. The Balaban J connectivity index is 0.000000231. The predicted octanol–water partition coefficient (Wildman–Crippen LogP) is 8.34. The van der Waals surface area contributed by atoms with Crippen LogP contribution in [0, 0.1) is 10.1 Å². The molecule has 0 saturated heterocycles. The number of pyridine rings is 2. The number of hydrogen-bond donors (Lipinski definition) is 1. The van der Waals surface area contributed by atoms with Gasteiger partial charge in [0.1, 0.15) is 39.2 Å². The summed E-state index contributed by atoms with van der Waals surface area (Å²) in [7, 11) is 0. The third-order valence-electron chi connectivity index (χ3n) is 4.34. The van der Waals surface area contributed by atoms with Crippen molar-refractivity contribution in [1.29, 1.82) is 0 Å². The first-order chi connectivity index (χ1) is 19.6. The van der Waals surface area contributed by atoms with Crippen molar-refractivity contribution in [3.05, 3.63) is 93.2 Å². The molecule has 0 aliphatic carbocycles. The molecule has 4 rings (SSSR count). The topological polar surface area (TPSA) is 132 Å². The van der Waals surface area contributed by atoms with Gasteiger partial charge in [-0.15, -0.1) is 26.3 Å². The molecule has 0 bridgehead atoms. The second-order valence-electron chi connectivity index (χ2n) is 7.54. The molecule has 0 atom stereocenters. The molecule has 2 heterocycles. The van der Waals surface area contributed by atoms with Gasteiger partial charge in [0, 0.05) is 18.2 Å². The van der Waals surface area contributed by atoms with E-state index in [2.05, 4.69) is 19.4 Å². The molecule has 0 fully saturated rings. The first-order valence-electron chi connectivity index (χ1n) is 10.9. The van der Waals surface area contributed by atoms with Crippen LogP contribution in [0.3, 0.4) is 0 Å². The average Bonchev–Trinajstić information content (AvgIpc) is 2.86. The van der Waals surface area contributed by atoms with E-state index in [9.17, 15) is 36.5 Å². The van der Waals surface area contributed by atoms with E-state index in [1.54, 1.807) is 0 Å². The molecule has 222 valence electrons. The number of anilines is 1. The molecule has 18 heteroatoms. The lowest BCUT2D eigenvalue weighted by molar-refractivity contribution is -0.385. The maximum atomic E-state index is 12.1. The molecule has 0 aliphatic rings. The van der Waals surface area contributed by atoms with Gasteiger partial charge in [-0.1, -0.05) is 35.3 Å². The highest BCUT2D eigenvalue weighted by Gasteiger charge is 2.32. The Morgan fingerprint density at radius 1 is 0.714 bits per heavy atom. The Morgan fingerprint density at radius 2 is 1.14 bits per heavy atom. The van der Waals surface area contributed by atoms with Crippen LogP contribution in [0.15, 0.2) is 73.1 Å². The van der Waals surface area contributed by atoms with Gasteiger partial charge in [0.25, 0.3) is 5.69 Å². The van der Waals surface area contributed by atoms with Crippen LogP contribution in [0.4, 0.5) is 37.7 Å². The molecular formula is C24H14Cl2F6N4O6. The molecular weight excluding hydrogens is 625 g/mol. The largest absolute Gasteiger partial charge is 0.573 e. The van der Waals surface area contributed by atoms with Crippen LogP contribution in [0.25, 0.3) is 0 Å². The number of hydrogen-bond acceptors (Lipinski definition) is 9. The zero-order valence-electron chi connectivity index (χ0n) is 20.3. The molecule has 2 aromatic heterocycles. The van der Waals surface area contributed by atoms with Crippen LogP contribution in [0.5, 0.6) is 34.8 Å². The molecule has 0 amide bonds. The van der Waals surface area contributed by atoms with Crippen molar-refractivity contribution in [3.63, 3.8) is 0 Å². The number of nitrogen functional groups attached to an aromatic ring is 1. The third kappa shape index (κ3) is 10.4. The monoisotopic (exact) mass is 638 g/mol. The van der Waals surface area contributed by atoms with E-state index in [1.807, 2.05) is 0 Å². The Bertz CT molecular complexity index is 1560. The summed E-state index contributed by atoms with van der Waals surface area (Å²) in [4.78, 5) is 17.3. The minimum atomic E-state index is -4.83. The second kappa shape index (κ2) is 13.3. The van der Waals surface area contributed by atoms with E-state index in [1.165, 1.54) is 36.5 Å². The minimum Gasteiger partial charge on any atom is -0.437 e. The number of halogens is 8. The van der Waals surface area contributed by atoms with Crippen molar-refractivity contribution in [3.8, 4) is 34.8 Å². The first kappa shape index (κ1) is 31.8. The molecule has 0 unspecified atom stereocenters. The number of alkyl halides is 6. The Hall–Kier alpha value is -4.70. The van der Waals surface area contributed by atoms with Crippen LogP contribution in [-0.2, 0) is 0 Å². The van der Waals surface area contributed by atoms with Gasteiger partial charge in [0.2, 0.25) is 11.8 Å². The fourth-order valence-electron chi connectivity index (χ4n) is 2.80. The molecule has 42 heavy (non-hydrogen) atoms. The van der Waals surface area contributed by atoms with Gasteiger partial charge in [0.15, 0.2) is 0 Å². The Morgan fingerprint density at radius 3 is 1.55 bits per heavy atom. The lowest BCUT2D eigenvalue weighted by Gasteiger charge is -2.11. The molecule has 0 aliphatic heterocycles. The van der Waals surface area contributed by atoms with E-state index >= 15 is 0 Å². The summed E-state index contributed by atoms with van der Waals surface area (Å²) in [6, 6.07) is 12.1. The quantitative estimate of drug-likeness (QED) is 0.120. The molecule has 4 aromatic rings. The fourth-order valence-corrected chi connectivity index (χ4v) is 3.21. The van der Waals surface area contributed by atoms with Gasteiger partial charge in [-0.05, 0) is 30.3 Å². The molecule has 0 spiro atoms. The van der Waals surface area contributed by atoms with Crippen LogP contribution in [-0.4, -0.2) is 27.6 Å². The molecule has 10 nitrogen and oxygen atoms in total. The summed E-state index contributed by atoms with van der Waals surface area (Å²) in [5.41, 5.74) is 5.47. The number of benzene rings is 2. The standard InChI is InChI=1S/C12H6ClF3N2O4.C12H8ClF3N2O2/c13-10-4-7(18(19)20)6-17-11(10)21-8-2-1-3-9(5-8)22-12(14,15)16;13-10-4-7(17)6-18-11(10)19-8-2-1-3-9(5-8)20-12(14,15)16/h1-6H;1-6H,17H2. The van der Waals surface area contributed by atoms with Crippen molar-refractivity contribution in [2.24, 2.45) is 0 Å². The number of nitrogens with two attached hydrogens (primary N) is 1. The van der Waals surface area contributed by atoms with Crippen molar-refractivity contribution in [2.45, 2.75) is 12.7 Å². The van der Waals surface area contributed by atoms with E-state index in [4.69, 9.17) is 38.4 Å². The Labute approximate surface area is 241 Å². The van der Waals surface area contributed by atoms with E-state index in [0.29, 0.717) is 5.69 Å². The van der Waals surface area contributed by atoms with Crippen LogP contribution < -0.4 is 24.7 Å². The molecule has 0 saturated carbocycles. The van der Waals surface area contributed by atoms with Crippen LogP contribution >= 0.6 is 23.2 Å². The molecule has 0 radical (unpaired) electrons. The highest BCUT2D eigenvalue weighted by atomic mass is 35.5. The van der Waals surface area contributed by atoms with Crippen LogP contribution in [0.1, 0.15) is 0 Å². The van der Waals surface area contributed by atoms with E-state index < -0.39 is 29.1 Å². The lowest BCUT2D eigenvalue weighted by Crippen LogP contribution is -2.17. The van der Waals surface area contributed by atoms with Crippen LogP contribution in [0.2, 0.25) is 10.0 Å². The van der Waals surface area contributed by atoms with Crippen molar-refractivity contribution >= 4 is 34.6 Å². The normalized spacial score (nSPS) is 11.1. The Kier molecular flexibility index (Phi) is 10.1. The maximum absolute atomic E-state index is 12.1. The highest BCUT2D eigenvalue weighted by molar-refractivity contribution is 6.32. The average molecular weight is 639 g/mol. The fraction of sp³-hybridized carbons (Fsp3) is 0.0833. The van der Waals surface area contributed by atoms with E-state index in [0.717, 1.165) is 36.5 Å². The van der Waals surface area contributed by atoms with Gasteiger partial charge < -0.3 is 24.7 Å². The summed E-state index contributed by atoms with van der Waals surface area (Å²) in [5.74, 6) is -0.957. The van der Waals surface area contributed by atoms with Gasteiger partial charge in [-0.3, -0.25) is 10.1 Å². The summed E-state index contributed by atoms with van der Waals surface area (Å²) in [6.45, 7) is 0. The molecule has 2 aromatic carbocycles. The SMILES string of the molecule is Nc1cnc(Oc2cccc(OC(F)(F)F)c2)c(Cl)c1.O=[N+]([O-])c1cnc(Oc2cccc(OC(F)(F)F)c2)c(Cl)c1. The summed E-state index contributed by atoms with van der Waals surface area (Å²) < 4.78 is 90.6. The third-order valence-corrected chi connectivity index (χ3v) is 4.88.